The molecule has 0 aliphatic carbocycles. The predicted molar refractivity (Wildman–Crippen MR) is 30.1 cm³/mol. The molecule has 1 unspecified atom stereocenters. The van der Waals surface area contributed by atoms with Crippen LogP contribution in [0.15, 0.2) is 11.4 Å². The largest absolute Gasteiger partial charge is 0.243 e. The monoisotopic (exact) mass is 120 g/mol. The van der Waals surface area contributed by atoms with Crippen LogP contribution < -0.4 is 0 Å². The minimum Gasteiger partial charge on any atom is -0.243 e. The molecule has 0 aliphatic heterocycles. The molecule has 0 bridgehead atoms. The van der Waals surface area contributed by atoms with E-state index < -0.39 is 12.0 Å². The minimum atomic E-state index is -1.15. The highest BCUT2D eigenvalue weighted by Gasteiger charge is 2.02. The first kappa shape index (κ1) is 7.60. The van der Waals surface area contributed by atoms with Crippen LogP contribution in [0.1, 0.15) is 20.8 Å². The quantitative estimate of drug-likeness (QED) is 0.499. The minimum absolute atomic E-state index is 0.185. The maximum Gasteiger partial charge on any atom is 0.121 e. The number of alkyl halides is 1. The van der Waals surface area contributed by atoms with Gasteiger partial charge in [-0.05, 0) is 26.3 Å². The summed E-state index contributed by atoms with van der Waals surface area (Å²) in [4.78, 5) is 0. The average Bonchev–Trinajstić information content (AvgIpc) is 1.64. The SMILES string of the molecule is C/C(F)=C(/C)C(C)F. The molecule has 0 aromatic carbocycles. The van der Waals surface area contributed by atoms with Crippen LogP contribution in [0.3, 0.4) is 0 Å². The second kappa shape index (κ2) is 2.80. The summed E-state index contributed by atoms with van der Waals surface area (Å²) in [7, 11) is 0. The van der Waals surface area contributed by atoms with E-state index in [1.165, 1.54) is 20.8 Å². The Bertz CT molecular complexity index is 99.1. The molecule has 0 aliphatic rings. The molecule has 8 heavy (non-hydrogen) atoms. The van der Waals surface area contributed by atoms with Crippen molar-refractivity contribution in [3.8, 4) is 0 Å². The Labute approximate surface area is 48.2 Å². The molecule has 2 heteroatoms. The van der Waals surface area contributed by atoms with E-state index in [2.05, 4.69) is 0 Å². The highest BCUT2D eigenvalue weighted by atomic mass is 19.1. The van der Waals surface area contributed by atoms with E-state index >= 15 is 0 Å². The van der Waals surface area contributed by atoms with Crippen LogP contribution in [-0.2, 0) is 0 Å². The Balaban J connectivity index is 4.00. The standard InChI is InChI=1S/C6H10F2/c1-4(5(2)7)6(3)8/h5H,1-3H3/b6-4+. The van der Waals surface area contributed by atoms with Gasteiger partial charge in [-0.25, -0.2) is 8.78 Å². The molecule has 0 saturated carbocycles. The third-order valence-electron chi connectivity index (χ3n) is 1.14. The van der Waals surface area contributed by atoms with Crippen LogP contribution in [0, 0.1) is 0 Å². The first-order valence-electron chi connectivity index (χ1n) is 2.52. The van der Waals surface area contributed by atoms with Crippen LogP contribution in [0.5, 0.6) is 0 Å². The van der Waals surface area contributed by atoms with Gasteiger partial charge in [0.2, 0.25) is 0 Å². The molecule has 0 N–H and O–H groups in total. The fraction of sp³-hybridized carbons (Fsp3) is 0.667. The van der Waals surface area contributed by atoms with E-state index in [-0.39, 0.29) is 5.57 Å². The first-order valence-corrected chi connectivity index (χ1v) is 2.52. The summed E-state index contributed by atoms with van der Waals surface area (Å²) in [6.45, 7) is 4.02. The lowest BCUT2D eigenvalue weighted by Gasteiger charge is -1.99. The molecule has 0 heterocycles. The van der Waals surface area contributed by atoms with Crippen molar-refractivity contribution in [2.75, 3.05) is 0 Å². The molecule has 0 spiro atoms. The van der Waals surface area contributed by atoms with Crippen molar-refractivity contribution in [1.82, 2.24) is 0 Å². The molecule has 0 amide bonds. The van der Waals surface area contributed by atoms with Gasteiger partial charge >= 0.3 is 0 Å². The molecule has 1 atom stereocenters. The maximum atomic E-state index is 12.0. The predicted octanol–water partition coefficient (Wildman–Crippen LogP) is 2.61. The van der Waals surface area contributed by atoms with Crippen molar-refractivity contribution in [1.29, 1.82) is 0 Å². The number of halogens is 2. The number of rotatable bonds is 1. The average molecular weight is 120 g/mol. The highest BCUT2D eigenvalue weighted by Crippen LogP contribution is 2.10. The summed E-state index contributed by atoms with van der Waals surface area (Å²) in [6.07, 6.45) is -1.15. The Morgan fingerprint density at radius 2 is 1.75 bits per heavy atom. The Morgan fingerprint density at radius 3 is 1.75 bits per heavy atom. The summed E-state index contributed by atoms with van der Waals surface area (Å²) < 4.78 is 24.0. The van der Waals surface area contributed by atoms with Gasteiger partial charge in [-0.3, -0.25) is 0 Å². The van der Waals surface area contributed by atoms with Gasteiger partial charge < -0.3 is 0 Å². The van der Waals surface area contributed by atoms with Crippen LogP contribution in [0.4, 0.5) is 8.78 Å². The van der Waals surface area contributed by atoms with Gasteiger partial charge in [0.1, 0.15) is 6.17 Å². The lowest BCUT2D eigenvalue weighted by Crippen LogP contribution is -1.94. The van der Waals surface area contributed by atoms with Gasteiger partial charge in [0, 0.05) is 0 Å². The zero-order chi connectivity index (χ0) is 6.73. The van der Waals surface area contributed by atoms with Crippen LogP contribution in [0.25, 0.3) is 0 Å². The summed E-state index contributed by atoms with van der Waals surface area (Å²) in [5.74, 6) is -0.417. The molecule has 0 aromatic rings. The lowest BCUT2D eigenvalue weighted by atomic mass is 10.2. The summed E-state index contributed by atoms with van der Waals surface area (Å²) in [6, 6.07) is 0. The Kier molecular flexibility index (Phi) is 2.66. The maximum absolute atomic E-state index is 12.0. The van der Waals surface area contributed by atoms with Crippen molar-refractivity contribution in [3.63, 3.8) is 0 Å². The van der Waals surface area contributed by atoms with Gasteiger partial charge in [-0.1, -0.05) is 0 Å². The lowest BCUT2D eigenvalue weighted by molar-refractivity contribution is 0.399. The number of allylic oxidation sites excluding steroid dienone is 2. The normalized spacial score (nSPS) is 17.6. The van der Waals surface area contributed by atoms with Crippen molar-refractivity contribution in [3.05, 3.63) is 11.4 Å². The summed E-state index contributed by atoms with van der Waals surface area (Å²) in [5, 5.41) is 0. The van der Waals surface area contributed by atoms with Gasteiger partial charge in [0.25, 0.3) is 0 Å². The van der Waals surface area contributed by atoms with Crippen LogP contribution in [0.2, 0.25) is 0 Å². The number of hydrogen-bond acceptors (Lipinski definition) is 0. The van der Waals surface area contributed by atoms with Crippen molar-refractivity contribution < 1.29 is 8.78 Å². The van der Waals surface area contributed by atoms with Crippen LogP contribution in [-0.4, -0.2) is 6.17 Å². The van der Waals surface area contributed by atoms with Crippen molar-refractivity contribution >= 4 is 0 Å². The molecule has 0 saturated heterocycles. The summed E-state index contributed by atoms with van der Waals surface area (Å²) in [5.41, 5.74) is 0.185. The van der Waals surface area contributed by atoms with Gasteiger partial charge in [0.15, 0.2) is 0 Å². The van der Waals surface area contributed by atoms with E-state index in [1.54, 1.807) is 0 Å². The molecule has 48 valence electrons. The van der Waals surface area contributed by atoms with Gasteiger partial charge in [0.05, 0.1) is 5.83 Å². The fourth-order valence-electron chi connectivity index (χ4n) is 0.274. The third-order valence-corrected chi connectivity index (χ3v) is 1.14. The van der Waals surface area contributed by atoms with E-state index in [1.807, 2.05) is 0 Å². The second-order valence-electron chi connectivity index (χ2n) is 1.83. The molecular weight excluding hydrogens is 110 g/mol. The number of hydrogen-bond donors (Lipinski definition) is 0. The topological polar surface area (TPSA) is 0 Å². The molecular formula is C6H10F2. The third kappa shape index (κ3) is 2.05. The van der Waals surface area contributed by atoms with E-state index in [0.29, 0.717) is 0 Å². The second-order valence-corrected chi connectivity index (χ2v) is 1.83. The van der Waals surface area contributed by atoms with E-state index in [4.69, 9.17) is 0 Å². The molecule has 0 radical (unpaired) electrons. The smallest absolute Gasteiger partial charge is 0.121 e. The van der Waals surface area contributed by atoms with Crippen LogP contribution >= 0.6 is 0 Å². The highest BCUT2D eigenvalue weighted by molar-refractivity contribution is 5.06. The Hall–Kier alpha value is -0.400. The summed E-state index contributed by atoms with van der Waals surface area (Å²) >= 11 is 0. The Morgan fingerprint density at radius 1 is 1.38 bits per heavy atom. The fourth-order valence-corrected chi connectivity index (χ4v) is 0.274. The molecule has 0 aromatic heterocycles. The van der Waals surface area contributed by atoms with Gasteiger partial charge in [-0.15, -0.1) is 0 Å². The molecule has 0 fully saturated rings. The molecule has 0 nitrogen and oxygen atoms in total. The zero-order valence-electron chi connectivity index (χ0n) is 5.33. The van der Waals surface area contributed by atoms with Crippen molar-refractivity contribution in [2.45, 2.75) is 26.9 Å². The van der Waals surface area contributed by atoms with Gasteiger partial charge in [-0.2, -0.15) is 0 Å². The molecule has 0 rings (SSSR count). The van der Waals surface area contributed by atoms with E-state index in [9.17, 15) is 8.78 Å². The van der Waals surface area contributed by atoms with E-state index in [0.717, 1.165) is 0 Å². The zero-order valence-corrected chi connectivity index (χ0v) is 5.33. The van der Waals surface area contributed by atoms with Crippen molar-refractivity contribution in [2.24, 2.45) is 0 Å². The first-order chi connectivity index (χ1) is 3.55.